The number of hydrogen-bond acceptors (Lipinski definition) is 1. The van der Waals surface area contributed by atoms with E-state index in [4.69, 9.17) is 6.57 Å². The molecule has 0 aliphatic carbocycles. The maximum Gasteiger partial charge on any atom is 0.187 e. The van der Waals surface area contributed by atoms with Crippen molar-refractivity contribution in [1.82, 2.24) is 4.57 Å². The van der Waals surface area contributed by atoms with Crippen molar-refractivity contribution in [2.75, 3.05) is 4.90 Å². The molecule has 5 heteroatoms. The molecule has 8 aromatic rings. The van der Waals surface area contributed by atoms with Crippen LogP contribution in [-0.2, 0) is 0 Å². The molecule has 3 nitrogen and oxygen atoms in total. The van der Waals surface area contributed by atoms with Crippen molar-refractivity contribution < 1.29 is 8.78 Å². The summed E-state index contributed by atoms with van der Waals surface area (Å²) in [6.45, 7) is 7.43. The minimum Gasteiger partial charge on any atom is -0.310 e. The van der Waals surface area contributed by atoms with Crippen molar-refractivity contribution in [3.05, 3.63) is 150 Å². The average molecular weight is 546 g/mol. The maximum atomic E-state index is 14.4. The van der Waals surface area contributed by atoms with Crippen LogP contribution in [0.5, 0.6) is 0 Å². The Balaban J connectivity index is 1.45. The third kappa shape index (κ3) is 3.63. The SMILES string of the molecule is [C-]#[N+]c1ccc(N(c2ccc3ccccc3c2)c2ccc3c4c2ccc2cccc(c24)n3-c2cc(F)cc(F)c2)cc1. The van der Waals surface area contributed by atoms with Crippen molar-refractivity contribution in [3.8, 4) is 5.69 Å². The number of benzene rings is 7. The highest BCUT2D eigenvalue weighted by Crippen LogP contribution is 2.46. The lowest BCUT2D eigenvalue weighted by atomic mass is 9.99. The number of fused-ring (bicyclic) bond motifs is 1. The van der Waals surface area contributed by atoms with E-state index in [1.807, 2.05) is 59.2 Å². The van der Waals surface area contributed by atoms with Crippen LogP contribution in [0.4, 0.5) is 31.5 Å². The number of aromatic nitrogens is 1. The van der Waals surface area contributed by atoms with Crippen molar-refractivity contribution in [2.45, 2.75) is 0 Å². The number of rotatable bonds is 4. The molecule has 0 aliphatic heterocycles. The van der Waals surface area contributed by atoms with Gasteiger partial charge in [0.1, 0.15) is 11.6 Å². The van der Waals surface area contributed by atoms with Crippen molar-refractivity contribution >= 4 is 66.1 Å². The molecule has 42 heavy (non-hydrogen) atoms. The maximum absolute atomic E-state index is 14.4. The van der Waals surface area contributed by atoms with E-state index in [2.05, 4.69) is 64.3 Å². The standard InChI is InChI=1S/C37H21F2N3/c1-40-28-11-14-29(15-12-28)41(30-13-9-23-5-2-3-6-25(23)19-30)33-17-18-35-37-32(33)16-10-24-7-4-8-34(36(24)37)42(35)31-21-26(38)20-27(39)22-31/h2-22H. The first-order valence-corrected chi connectivity index (χ1v) is 13.6. The van der Waals surface area contributed by atoms with Crippen LogP contribution < -0.4 is 4.90 Å². The van der Waals surface area contributed by atoms with Gasteiger partial charge in [0.15, 0.2) is 5.69 Å². The largest absolute Gasteiger partial charge is 0.310 e. The number of hydrogen-bond donors (Lipinski definition) is 0. The van der Waals surface area contributed by atoms with Gasteiger partial charge in [0.05, 0.1) is 29.0 Å². The monoisotopic (exact) mass is 545 g/mol. The lowest BCUT2D eigenvalue weighted by Crippen LogP contribution is -2.10. The van der Waals surface area contributed by atoms with Gasteiger partial charge in [0.25, 0.3) is 0 Å². The summed E-state index contributed by atoms with van der Waals surface area (Å²) in [4.78, 5) is 5.79. The number of anilines is 3. The molecule has 1 aromatic heterocycles. The third-order valence-electron chi connectivity index (χ3n) is 8.01. The predicted octanol–water partition coefficient (Wildman–Crippen LogP) is 10.8. The van der Waals surface area contributed by atoms with Crippen LogP contribution in [0.25, 0.3) is 53.9 Å². The summed E-state index contributed by atoms with van der Waals surface area (Å²) in [5.41, 5.74) is 5.62. The topological polar surface area (TPSA) is 12.5 Å². The van der Waals surface area contributed by atoms with E-state index in [9.17, 15) is 8.78 Å². The molecule has 0 saturated heterocycles. The predicted molar refractivity (Wildman–Crippen MR) is 168 cm³/mol. The Labute approximate surface area is 240 Å². The molecule has 0 bridgehead atoms. The van der Waals surface area contributed by atoms with E-state index in [0.717, 1.165) is 66.5 Å². The second-order valence-corrected chi connectivity index (χ2v) is 10.4. The summed E-state index contributed by atoms with van der Waals surface area (Å²) in [6, 6.07) is 40.2. The normalized spacial score (nSPS) is 11.5. The molecule has 0 unspecified atom stereocenters. The zero-order valence-electron chi connectivity index (χ0n) is 22.2. The first-order chi connectivity index (χ1) is 20.6. The van der Waals surface area contributed by atoms with E-state index < -0.39 is 11.6 Å². The highest BCUT2D eigenvalue weighted by Gasteiger charge is 2.22. The molecule has 198 valence electrons. The molecular weight excluding hydrogens is 524 g/mol. The molecule has 1 heterocycles. The Bertz CT molecular complexity index is 2330. The van der Waals surface area contributed by atoms with Gasteiger partial charge in [-0.1, -0.05) is 66.7 Å². The van der Waals surface area contributed by atoms with Gasteiger partial charge >= 0.3 is 0 Å². The lowest BCUT2D eigenvalue weighted by molar-refractivity contribution is 0.582. The van der Waals surface area contributed by atoms with Gasteiger partial charge in [-0.25, -0.2) is 13.6 Å². The van der Waals surface area contributed by atoms with Crippen LogP contribution in [0, 0.1) is 18.2 Å². The van der Waals surface area contributed by atoms with E-state index in [1.165, 1.54) is 12.1 Å². The minimum absolute atomic E-state index is 0.436. The Morgan fingerprint density at radius 1 is 0.571 bits per heavy atom. The van der Waals surface area contributed by atoms with Crippen molar-refractivity contribution in [3.63, 3.8) is 0 Å². The zero-order valence-corrected chi connectivity index (χ0v) is 22.2. The van der Waals surface area contributed by atoms with Gasteiger partial charge in [0, 0.05) is 33.6 Å². The van der Waals surface area contributed by atoms with E-state index in [-0.39, 0.29) is 0 Å². The fourth-order valence-corrected chi connectivity index (χ4v) is 6.23. The second-order valence-electron chi connectivity index (χ2n) is 10.4. The van der Waals surface area contributed by atoms with E-state index in [0.29, 0.717) is 11.4 Å². The van der Waals surface area contributed by atoms with Crippen LogP contribution in [0.3, 0.4) is 0 Å². The van der Waals surface area contributed by atoms with Gasteiger partial charge in [-0.2, -0.15) is 0 Å². The van der Waals surface area contributed by atoms with Gasteiger partial charge in [0.2, 0.25) is 0 Å². The molecule has 0 fully saturated rings. The van der Waals surface area contributed by atoms with E-state index in [1.54, 1.807) is 0 Å². The lowest BCUT2D eigenvalue weighted by Gasteiger charge is -2.27. The molecule has 0 amide bonds. The summed E-state index contributed by atoms with van der Waals surface area (Å²) in [5, 5.41) is 6.39. The Morgan fingerprint density at radius 2 is 1.26 bits per heavy atom. The Kier molecular flexibility index (Phi) is 5.25. The highest BCUT2D eigenvalue weighted by molar-refractivity contribution is 6.27. The molecule has 0 aliphatic rings. The summed E-state index contributed by atoms with van der Waals surface area (Å²) >= 11 is 0. The smallest absolute Gasteiger partial charge is 0.187 e. The molecule has 0 N–H and O–H groups in total. The first kappa shape index (κ1) is 24.1. The number of nitrogens with zero attached hydrogens (tertiary/aromatic N) is 3. The molecule has 7 aromatic carbocycles. The molecule has 0 atom stereocenters. The minimum atomic E-state index is -0.619. The van der Waals surface area contributed by atoms with Crippen LogP contribution in [0.2, 0.25) is 0 Å². The van der Waals surface area contributed by atoms with Crippen molar-refractivity contribution in [1.29, 1.82) is 0 Å². The van der Waals surface area contributed by atoms with Crippen LogP contribution >= 0.6 is 0 Å². The summed E-state index contributed by atoms with van der Waals surface area (Å²) < 4.78 is 30.8. The fraction of sp³-hybridized carbons (Fsp3) is 0. The van der Waals surface area contributed by atoms with Gasteiger partial charge in [-0.05, 0) is 70.8 Å². The van der Waals surface area contributed by atoms with Gasteiger partial charge < -0.3 is 9.47 Å². The molecular formula is C37H21F2N3. The second kappa shape index (κ2) is 9.15. The molecule has 0 radical (unpaired) electrons. The average Bonchev–Trinajstić information content (AvgIpc) is 3.36. The molecule has 0 spiro atoms. The van der Waals surface area contributed by atoms with Crippen LogP contribution in [0.15, 0.2) is 127 Å². The summed E-state index contributed by atoms with van der Waals surface area (Å²) in [5.74, 6) is -1.24. The van der Waals surface area contributed by atoms with Gasteiger partial charge in [-0.15, -0.1) is 0 Å². The first-order valence-electron chi connectivity index (χ1n) is 13.6. The third-order valence-corrected chi connectivity index (χ3v) is 8.01. The Hall–Kier alpha value is -5.73. The van der Waals surface area contributed by atoms with Crippen LogP contribution in [-0.4, -0.2) is 4.57 Å². The summed E-state index contributed by atoms with van der Waals surface area (Å²) in [6.07, 6.45) is 0. The Morgan fingerprint density at radius 3 is 2.05 bits per heavy atom. The molecule has 0 saturated carbocycles. The number of halogens is 2. The van der Waals surface area contributed by atoms with Crippen LogP contribution in [0.1, 0.15) is 0 Å². The molecule has 8 rings (SSSR count). The van der Waals surface area contributed by atoms with Crippen molar-refractivity contribution in [2.24, 2.45) is 0 Å². The fourth-order valence-electron chi connectivity index (χ4n) is 6.23. The zero-order chi connectivity index (χ0) is 28.4. The van der Waals surface area contributed by atoms with Gasteiger partial charge in [-0.3, -0.25) is 0 Å². The summed E-state index contributed by atoms with van der Waals surface area (Å²) in [7, 11) is 0. The quantitative estimate of drug-likeness (QED) is 0.158. The highest BCUT2D eigenvalue weighted by atomic mass is 19.1. The van der Waals surface area contributed by atoms with E-state index >= 15 is 0 Å².